The Labute approximate surface area is 164 Å². The number of aromatic nitrogens is 2. The van der Waals surface area contributed by atoms with E-state index in [4.69, 9.17) is 4.74 Å². The molecule has 0 N–H and O–H groups in total. The number of benzene rings is 2. The summed E-state index contributed by atoms with van der Waals surface area (Å²) in [5, 5.41) is 0. The lowest BCUT2D eigenvalue weighted by molar-refractivity contribution is 0.248. The van der Waals surface area contributed by atoms with Crippen molar-refractivity contribution < 1.29 is 9.13 Å². The molecule has 3 aromatic rings. The van der Waals surface area contributed by atoms with Crippen molar-refractivity contribution in [3.63, 3.8) is 0 Å². The topological polar surface area (TPSA) is 41.5 Å². The van der Waals surface area contributed by atoms with E-state index in [2.05, 4.69) is 51.0 Å². The molecular formula is C22H23FN4O. The third kappa shape index (κ3) is 4.46. The SMILES string of the molecule is Cc1ccccc1CN1CCN(c2nccc(Oc3ccc(F)cc3)n2)CC1. The minimum atomic E-state index is -0.292. The van der Waals surface area contributed by atoms with Gasteiger partial charge in [-0.05, 0) is 42.3 Å². The van der Waals surface area contributed by atoms with Crippen molar-refractivity contribution in [3.8, 4) is 11.6 Å². The van der Waals surface area contributed by atoms with Gasteiger partial charge in [-0.3, -0.25) is 4.90 Å². The van der Waals surface area contributed by atoms with Crippen LogP contribution in [0.3, 0.4) is 0 Å². The first-order valence-electron chi connectivity index (χ1n) is 9.46. The molecule has 28 heavy (non-hydrogen) atoms. The van der Waals surface area contributed by atoms with Gasteiger partial charge in [0.2, 0.25) is 11.8 Å². The van der Waals surface area contributed by atoms with Gasteiger partial charge in [-0.1, -0.05) is 24.3 Å². The van der Waals surface area contributed by atoms with Gasteiger partial charge in [-0.2, -0.15) is 4.98 Å². The van der Waals surface area contributed by atoms with Crippen LogP contribution in [-0.4, -0.2) is 41.0 Å². The average molecular weight is 378 g/mol. The molecule has 1 aliphatic heterocycles. The van der Waals surface area contributed by atoms with E-state index in [0.29, 0.717) is 17.6 Å². The Hall–Kier alpha value is -2.99. The molecule has 2 aromatic carbocycles. The Morgan fingerprint density at radius 2 is 1.71 bits per heavy atom. The molecule has 1 aromatic heterocycles. The zero-order valence-corrected chi connectivity index (χ0v) is 15.9. The molecule has 1 aliphatic rings. The van der Waals surface area contributed by atoms with Crippen LogP contribution in [0, 0.1) is 12.7 Å². The number of anilines is 1. The second-order valence-corrected chi connectivity index (χ2v) is 6.94. The summed E-state index contributed by atoms with van der Waals surface area (Å²) in [5.41, 5.74) is 2.71. The second kappa shape index (κ2) is 8.35. The van der Waals surface area contributed by atoms with Crippen LogP contribution >= 0.6 is 0 Å². The summed E-state index contributed by atoms with van der Waals surface area (Å²) in [5.74, 6) is 1.38. The standard InChI is InChI=1S/C22H23FN4O/c1-17-4-2-3-5-18(17)16-26-12-14-27(15-13-26)22-24-11-10-21(25-22)28-20-8-6-19(23)7-9-20/h2-11H,12-16H2,1H3. The van der Waals surface area contributed by atoms with Gasteiger partial charge in [-0.15, -0.1) is 0 Å². The molecule has 0 amide bonds. The molecule has 5 nitrogen and oxygen atoms in total. The monoisotopic (exact) mass is 378 g/mol. The highest BCUT2D eigenvalue weighted by Gasteiger charge is 2.20. The Morgan fingerprint density at radius 3 is 2.46 bits per heavy atom. The lowest BCUT2D eigenvalue weighted by Gasteiger charge is -2.35. The Balaban J connectivity index is 1.37. The zero-order chi connectivity index (χ0) is 19.3. The fourth-order valence-electron chi connectivity index (χ4n) is 3.30. The van der Waals surface area contributed by atoms with Crippen LogP contribution in [0.25, 0.3) is 0 Å². The Kier molecular flexibility index (Phi) is 5.48. The highest BCUT2D eigenvalue weighted by Crippen LogP contribution is 2.22. The molecule has 0 spiro atoms. The quantitative estimate of drug-likeness (QED) is 0.670. The predicted molar refractivity (Wildman–Crippen MR) is 107 cm³/mol. The van der Waals surface area contributed by atoms with Gasteiger partial charge < -0.3 is 9.64 Å². The first kappa shape index (κ1) is 18.4. The smallest absolute Gasteiger partial charge is 0.228 e. The number of aryl methyl sites for hydroxylation is 1. The highest BCUT2D eigenvalue weighted by molar-refractivity contribution is 5.35. The van der Waals surface area contributed by atoms with E-state index in [1.165, 1.54) is 23.3 Å². The molecule has 1 fully saturated rings. The first-order valence-corrected chi connectivity index (χ1v) is 9.46. The summed E-state index contributed by atoms with van der Waals surface area (Å²) in [6.45, 7) is 6.78. The van der Waals surface area contributed by atoms with Crippen LogP contribution < -0.4 is 9.64 Å². The first-order chi connectivity index (χ1) is 13.7. The van der Waals surface area contributed by atoms with E-state index in [-0.39, 0.29) is 5.82 Å². The van der Waals surface area contributed by atoms with E-state index in [1.807, 2.05) is 0 Å². The van der Waals surface area contributed by atoms with Crippen molar-refractivity contribution in [1.82, 2.24) is 14.9 Å². The van der Waals surface area contributed by atoms with Gasteiger partial charge in [0.25, 0.3) is 0 Å². The molecule has 2 heterocycles. The van der Waals surface area contributed by atoms with Gasteiger partial charge in [0.1, 0.15) is 11.6 Å². The highest BCUT2D eigenvalue weighted by atomic mass is 19.1. The van der Waals surface area contributed by atoms with Gasteiger partial charge in [-0.25, -0.2) is 9.37 Å². The fourth-order valence-corrected chi connectivity index (χ4v) is 3.30. The third-order valence-corrected chi connectivity index (χ3v) is 4.96. The van der Waals surface area contributed by atoms with Crippen molar-refractivity contribution in [2.45, 2.75) is 13.5 Å². The summed E-state index contributed by atoms with van der Waals surface area (Å²) in [6, 6.07) is 16.1. The van der Waals surface area contributed by atoms with Crippen molar-refractivity contribution in [1.29, 1.82) is 0 Å². The molecule has 144 valence electrons. The van der Waals surface area contributed by atoms with Crippen LogP contribution in [0.1, 0.15) is 11.1 Å². The summed E-state index contributed by atoms with van der Waals surface area (Å²) >= 11 is 0. The van der Waals surface area contributed by atoms with Crippen molar-refractivity contribution in [2.24, 2.45) is 0 Å². The van der Waals surface area contributed by atoms with E-state index in [9.17, 15) is 4.39 Å². The van der Waals surface area contributed by atoms with Crippen LogP contribution in [-0.2, 0) is 6.54 Å². The molecule has 0 radical (unpaired) electrons. The molecule has 6 heteroatoms. The maximum Gasteiger partial charge on any atom is 0.228 e. The molecule has 0 atom stereocenters. The maximum atomic E-state index is 13.0. The minimum Gasteiger partial charge on any atom is -0.439 e. The molecule has 4 rings (SSSR count). The van der Waals surface area contributed by atoms with Crippen molar-refractivity contribution in [2.75, 3.05) is 31.1 Å². The van der Waals surface area contributed by atoms with Gasteiger partial charge >= 0.3 is 0 Å². The molecule has 0 unspecified atom stereocenters. The Bertz CT molecular complexity index is 924. The molecule has 0 bridgehead atoms. The Morgan fingerprint density at radius 1 is 0.964 bits per heavy atom. The average Bonchev–Trinajstić information content (AvgIpc) is 2.72. The zero-order valence-electron chi connectivity index (χ0n) is 15.9. The second-order valence-electron chi connectivity index (χ2n) is 6.94. The van der Waals surface area contributed by atoms with Gasteiger partial charge in [0.05, 0.1) is 0 Å². The third-order valence-electron chi connectivity index (χ3n) is 4.96. The maximum absolute atomic E-state index is 13.0. The predicted octanol–water partition coefficient (Wildman–Crippen LogP) is 4.04. The van der Waals surface area contributed by atoms with Crippen LogP contribution in [0.15, 0.2) is 60.8 Å². The van der Waals surface area contributed by atoms with Crippen molar-refractivity contribution >= 4 is 5.95 Å². The molecule has 1 saturated heterocycles. The molecular weight excluding hydrogens is 355 g/mol. The van der Waals surface area contributed by atoms with Crippen molar-refractivity contribution in [3.05, 3.63) is 77.7 Å². The summed E-state index contributed by atoms with van der Waals surface area (Å²) in [4.78, 5) is 13.5. The normalized spacial score (nSPS) is 14.9. The number of rotatable bonds is 5. The van der Waals surface area contributed by atoms with E-state index < -0.39 is 0 Å². The lowest BCUT2D eigenvalue weighted by Crippen LogP contribution is -2.46. The molecule has 0 aliphatic carbocycles. The summed E-state index contributed by atoms with van der Waals surface area (Å²) < 4.78 is 18.8. The summed E-state index contributed by atoms with van der Waals surface area (Å²) in [7, 11) is 0. The number of ether oxygens (including phenoxy) is 1. The van der Waals surface area contributed by atoms with E-state index in [1.54, 1.807) is 24.4 Å². The number of nitrogens with zero attached hydrogens (tertiary/aromatic N) is 4. The largest absolute Gasteiger partial charge is 0.439 e. The number of hydrogen-bond acceptors (Lipinski definition) is 5. The lowest BCUT2D eigenvalue weighted by atomic mass is 10.1. The van der Waals surface area contributed by atoms with E-state index >= 15 is 0 Å². The van der Waals surface area contributed by atoms with E-state index in [0.717, 1.165) is 32.7 Å². The minimum absolute atomic E-state index is 0.292. The van der Waals surface area contributed by atoms with Crippen LogP contribution in [0.2, 0.25) is 0 Å². The number of piperazine rings is 1. The number of halogens is 1. The fraction of sp³-hybridized carbons (Fsp3) is 0.273. The number of hydrogen-bond donors (Lipinski definition) is 0. The van der Waals surface area contributed by atoms with Gasteiger partial charge in [0.15, 0.2) is 0 Å². The van der Waals surface area contributed by atoms with Gasteiger partial charge in [0, 0.05) is 45.0 Å². The summed E-state index contributed by atoms with van der Waals surface area (Å²) in [6.07, 6.45) is 1.70. The van der Waals surface area contributed by atoms with Crippen LogP contribution in [0.5, 0.6) is 11.6 Å². The molecule has 0 saturated carbocycles. The van der Waals surface area contributed by atoms with Crippen LogP contribution in [0.4, 0.5) is 10.3 Å².